The normalized spacial score (nSPS) is 14.2. The van der Waals surface area contributed by atoms with Crippen LogP contribution in [0.5, 0.6) is 0 Å². The van der Waals surface area contributed by atoms with Gasteiger partial charge in [0.25, 0.3) is 11.8 Å². The number of carbonyl (C=O) groups excluding carboxylic acids is 2. The summed E-state index contributed by atoms with van der Waals surface area (Å²) in [6.07, 6.45) is 0. The van der Waals surface area contributed by atoms with E-state index in [2.05, 4.69) is 27.9 Å². The third-order valence-corrected chi connectivity index (χ3v) is 4.58. The summed E-state index contributed by atoms with van der Waals surface area (Å²) in [6.45, 7) is 0. The number of carboxylic acid groups (broad SMARTS) is 1. The molecule has 6 nitrogen and oxygen atoms in total. The molecule has 25 heavy (non-hydrogen) atoms. The van der Waals surface area contributed by atoms with E-state index < -0.39 is 17.8 Å². The van der Waals surface area contributed by atoms with Crippen LogP contribution in [0.2, 0.25) is 0 Å². The van der Waals surface area contributed by atoms with E-state index in [1.165, 1.54) is 24.3 Å². The maximum Gasteiger partial charge on any atom is 0.335 e. The van der Waals surface area contributed by atoms with Crippen LogP contribution in [0, 0.1) is 3.57 Å². The highest BCUT2D eigenvalue weighted by Crippen LogP contribution is 2.30. The largest absolute Gasteiger partial charge is 0.478 e. The third-order valence-electron chi connectivity index (χ3n) is 3.51. The molecule has 0 atom stereocenters. The number of nitrogens with one attached hydrogen (secondary N) is 1. The topological polar surface area (TPSA) is 86.7 Å². The molecule has 0 spiro atoms. The molecule has 0 aliphatic carbocycles. The van der Waals surface area contributed by atoms with Gasteiger partial charge in [0.2, 0.25) is 0 Å². The van der Waals surface area contributed by atoms with Crippen molar-refractivity contribution in [1.82, 2.24) is 0 Å². The molecule has 2 aromatic rings. The smallest absolute Gasteiger partial charge is 0.335 e. The van der Waals surface area contributed by atoms with Crippen LogP contribution in [0.15, 0.2) is 59.3 Å². The number of amides is 2. The Labute approximate surface area is 161 Å². The van der Waals surface area contributed by atoms with Gasteiger partial charge >= 0.3 is 5.97 Å². The van der Waals surface area contributed by atoms with Gasteiger partial charge in [-0.1, -0.05) is 11.6 Å². The molecular formula is C17H10ClIN2O4. The Balaban J connectivity index is 1.86. The second-order valence-corrected chi connectivity index (χ2v) is 6.74. The molecule has 2 aromatic carbocycles. The van der Waals surface area contributed by atoms with E-state index in [0.29, 0.717) is 11.4 Å². The summed E-state index contributed by atoms with van der Waals surface area (Å²) in [4.78, 5) is 36.8. The summed E-state index contributed by atoms with van der Waals surface area (Å²) >= 11 is 8.16. The Morgan fingerprint density at radius 2 is 1.60 bits per heavy atom. The molecule has 0 fully saturated rings. The minimum absolute atomic E-state index is 0.0479. The van der Waals surface area contributed by atoms with Gasteiger partial charge in [0.05, 0.1) is 11.3 Å². The fourth-order valence-electron chi connectivity index (χ4n) is 2.28. The predicted octanol–water partition coefficient (Wildman–Crippen LogP) is 3.43. The number of benzene rings is 2. The highest BCUT2D eigenvalue weighted by atomic mass is 127. The highest BCUT2D eigenvalue weighted by molar-refractivity contribution is 14.1. The molecule has 2 amide bonds. The molecule has 3 rings (SSSR count). The number of halogens is 2. The molecule has 126 valence electrons. The maximum atomic E-state index is 12.6. The van der Waals surface area contributed by atoms with Crippen molar-refractivity contribution in [2.45, 2.75) is 0 Å². The number of hydrogen-bond acceptors (Lipinski definition) is 4. The lowest BCUT2D eigenvalue weighted by Gasteiger charge is -2.15. The van der Waals surface area contributed by atoms with Crippen LogP contribution in [0.4, 0.5) is 11.4 Å². The van der Waals surface area contributed by atoms with Gasteiger partial charge in [-0.3, -0.25) is 9.59 Å². The van der Waals surface area contributed by atoms with E-state index in [4.69, 9.17) is 16.7 Å². The average molecular weight is 469 g/mol. The Morgan fingerprint density at radius 1 is 1.00 bits per heavy atom. The number of nitrogens with zero attached hydrogens (tertiary/aromatic N) is 1. The lowest BCUT2D eigenvalue weighted by Crippen LogP contribution is -2.32. The summed E-state index contributed by atoms with van der Waals surface area (Å²) in [5, 5.41) is 11.5. The van der Waals surface area contributed by atoms with Crippen molar-refractivity contribution in [3.8, 4) is 0 Å². The first-order valence-electron chi connectivity index (χ1n) is 7.03. The quantitative estimate of drug-likeness (QED) is 0.530. The average Bonchev–Trinajstić information content (AvgIpc) is 2.80. The molecule has 0 saturated carbocycles. The Bertz CT molecular complexity index is 907. The molecular weight excluding hydrogens is 459 g/mol. The van der Waals surface area contributed by atoms with Crippen molar-refractivity contribution in [2.24, 2.45) is 0 Å². The molecule has 1 heterocycles. The summed E-state index contributed by atoms with van der Waals surface area (Å²) in [6, 6.07) is 12.6. The summed E-state index contributed by atoms with van der Waals surface area (Å²) < 4.78 is 0.969. The van der Waals surface area contributed by atoms with Gasteiger partial charge in [0.15, 0.2) is 0 Å². The number of aromatic carboxylic acids is 1. The van der Waals surface area contributed by atoms with E-state index in [1.807, 2.05) is 0 Å². The van der Waals surface area contributed by atoms with Crippen molar-refractivity contribution >= 4 is 63.4 Å². The van der Waals surface area contributed by atoms with Gasteiger partial charge < -0.3 is 10.4 Å². The summed E-state index contributed by atoms with van der Waals surface area (Å²) in [5.74, 6) is -2.24. The zero-order valence-electron chi connectivity index (χ0n) is 12.5. The predicted molar refractivity (Wildman–Crippen MR) is 102 cm³/mol. The monoisotopic (exact) mass is 468 g/mol. The van der Waals surface area contributed by atoms with Crippen molar-refractivity contribution in [1.29, 1.82) is 0 Å². The fourth-order valence-corrected chi connectivity index (χ4v) is 2.85. The SMILES string of the molecule is O=C(O)c1ccc(NC2=C(Cl)C(=O)N(c3ccc(I)cc3)C2=O)cc1. The van der Waals surface area contributed by atoms with E-state index >= 15 is 0 Å². The van der Waals surface area contributed by atoms with Crippen LogP contribution in [-0.2, 0) is 9.59 Å². The van der Waals surface area contributed by atoms with Crippen LogP contribution >= 0.6 is 34.2 Å². The zero-order chi connectivity index (χ0) is 18.1. The molecule has 0 aromatic heterocycles. The van der Waals surface area contributed by atoms with Crippen LogP contribution in [0.1, 0.15) is 10.4 Å². The van der Waals surface area contributed by atoms with E-state index in [0.717, 1.165) is 8.47 Å². The molecule has 0 bridgehead atoms. The van der Waals surface area contributed by atoms with Gasteiger partial charge in [-0.2, -0.15) is 0 Å². The minimum Gasteiger partial charge on any atom is -0.478 e. The van der Waals surface area contributed by atoms with Gasteiger partial charge in [-0.25, -0.2) is 9.69 Å². The number of carboxylic acids is 1. The van der Waals surface area contributed by atoms with Crippen molar-refractivity contribution in [3.63, 3.8) is 0 Å². The lowest BCUT2D eigenvalue weighted by atomic mass is 10.2. The van der Waals surface area contributed by atoms with Gasteiger partial charge in [-0.15, -0.1) is 0 Å². The van der Waals surface area contributed by atoms with Crippen LogP contribution in [0.25, 0.3) is 0 Å². The maximum absolute atomic E-state index is 12.6. The number of anilines is 2. The molecule has 0 unspecified atom stereocenters. The van der Waals surface area contributed by atoms with Gasteiger partial charge in [0.1, 0.15) is 10.7 Å². The zero-order valence-corrected chi connectivity index (χ0v) is 15.4. The van der Waals surface area contributed by atoms with E-state index in [-0.39, 0.29) is 16.3 Å². The fraction of sp³-hybridized carbons (Fsp3) is 0. The summed E-state index contributed by atoms with van der Waals surface area (Å²) in [5.41, 5.74) is 0.934. The first-order chi connectivity index (χ1) is 11.9. The van der Waals surface area contributed by atoms with Gasteiger partial charge in [0, 0.05) is 9.26 Å². The summed E-state index contributed by atoms with van der Waals surface area (Å²) in [7, 11) is 0. The van der Waals surface area contributed by atoms with E-state index in [9.17, 15) is 14.4 Å². The highest BCUT2D eigenvalue weighted by Gasteiger charge is 2.38. The first kappa shape index (κ1) is 17.4. The second kappa shape index (κ2) is 6.85. The van der Waals surface area contributed by atoms with Crippen LogP contribution in [0.3, 0.4) is 0 Å². The van der Waals surface area contributed by atoms with Crippen LogP contribution in [-0.4, -0.2) is 22.9 Å². The molecule has 0 radical (unpaired) electrons. The van der Waals surface area contributed by atoms with Gasteiger partial charge in [-0.05, 0) is 71.1 Å². The molecule has 1 aliphatic rings. The Hall–Kier alpha value is -2.39. The standard InChI is InChI=1S/C17H10ClIN2O4/c18-13-14(20-11-5-1-9(2-6-11)17(24)25)16(23)21(15(13)22)12-7-3-10(19)4-8-12/h1-8,20H,(H,24,25). The molecule has 1 aliphatic heterocycles. The lowest BCUT2D eigenvalue weighted by molar-refractivity contribution is -0.120. The minimum atomic E-state index is -1.05. The van der Waals surface area contributed by atoms with E-state index in [1.54, 1.807) is 24.3 Å². The number of carbonyl (C=O) groups is 3. The van der Waals surface area contributed by atoms with Crippen LogP contribution < -0.4 is 10.2 Å². The Kier molecular flexibility index (Phi) is 4.78. The van der Waals surface area contributed by atoms with Crippen molar-refractivity contribution < 1.29 is 19.5 Å². The molecule has 0 saturated heterocycles. The van der Waals surface area contributed by atoms with Crippen molar-refractivity contribution in [2.75, 3.05) is 10.2 Å². The third kappa shape index (κ3) is 3.38. The molecule has 2 N–H and O–H groups in total. The number of rotatable bonds is 4. The van der Waals surface area contributed by atoms with Crippen molar-refractivity contribution in [3.05, 3.63) is 68.4 Å². The second-order valence-electron chi connectivity index (χ2n) is 5.12. The Morgan fingerprint density at radius 3 is 2.16 bits per heavy atom. The number of imide groups is 1. The number of hydrogen-bond donors (Lipinski definition) is 2. The first-order valence-corrected chi connectivity index (χ1v) is 8.48. The molecule has 8 heteroatoms.